The van der Waals surface area contributed by atoms with E-state index in [9.17, 15) is 4.79 Å². The van der Waals surface area contributed by atoms with Crippen LogP contribution < -0.4 is 19.9 Å². The highest BCUT2D eigenvalue weighted by Gasteiger charge is 2.22. The Bertz CT molecular complexity index is 814. The van der Waals surface area contributed by atoms with Crippen LogP contribution in [0, 0.1) is 6.92 Å². The summed E-state index contributed by atoms with van der Waals surface area (Å²) in [5.41, 5.74) is 1.77. The molecule has 1 aliphatic heterocycles. The monoisotopic (exact) mass is 398 g/mol. The van der Waals surface area contributed by atoms with Gasteiger partial charge in [0.25, 0.3) is 0 Å². The van der Waals surface area contributed by atoms with Gasteiger partial charge in [-0.25, -0.2) is 4.79 Å². The first kappa shape index (κ1) is 20.7. The summed E-state index contributed by atoms with van der Waals surface area (Å²) in [5.74, 6) is 2.53. The number of aryl methyl sites for hydroxylation is 1. The van der Waals surface area contributed by atoms with Gasteiger partial charge in [-0.2, -0.15) is 0 Å². The van der Waals surface area contributed by atoms with Crippen LogP contribution in [0.2, 0.25) is 0 Å². The van der Waals surface area contributed by atoms with E-state index in [4.69, 9.17) is 4.74 Å². The second-order valence-electron chi connectivity index (χ2n) is 7.01. The predicted octanol–water partition coefficient (Wildman–Crippen LogP) is 2.99. The number of nitrogens with one attached hydrogen (secondary N) is 1. The molecule has 156 valence electrons. The Kier molecular flexibility index (Phi) is 6.74. The van der Waals surface area contributed by atoms with Crippen molar-refractivity contribution in [3.05, 3.63) is 35.9 Å². The molecular formula is C21H30N6O2. The first-order valence-electron chi connectivity index (χ1n) is 10.1. The molecule has 2 amide bonds. The molecule has 0 saturated carbocycles. The molecule has 0 spiro atoms. The highest BCUT2D eigenvalue weighted by molar-refractivity contribution is 5.90. The number of aromatic nitrogens is 2. The second-order valence-corrected chi connectivity index (χ2v) is 7.01. The van der Waals surface area contributed by atoms with E-state index in [2.05, 4.69) is 39.2 Å². The summed E-state index contributed by atoms with van der Waals surface area (Å²) >= 11 is 0. The number of anilines is 3. The molecule has 1 fully saturated rings. The quantitative estimate of drug-likeness (QED) is 0.806. The number of carbonyl (C=O) groups is 1. The molecule has 0 bridgehead atoms. The van der Waals surface area contributed by atoms with Crippen LogP contribution in [-0.4, -0.2) is 67.5 Å². The fourth-order valence-electron chi connectivity index (χ4n) is 3.44. The molecule has 0 unspecified atom stereocenters. The maximum absolute atomic E-state index is 12.6. The van der Waals surface area contributed by atoms with Crippen LogP contribution in [0.4, 0.5) is 22.1 Å². The smallest absolute Gasteiger partial charge is 0.321 e. The molecule has 1 aliphatic rings. The molecule has 0 aliphatic carbocycles. The Hall–Kier alpha value is -3.03. The average molecular weight is 399 g/mol. The van der Waals surface area contributed by atoms with Crippen LogP contribution in [0.15, 0.2) is 30.3 Å². The fraction of sp³-hybridized carbons (Fsp3) is 0.476. The second kappa shape index (κ2) is 9.45. The highest BCUT2D eigenvalue weighted by Crippen LogP contribution is 2.22. The van der Waals surface area contributed by atoms with Gasteiger partial charge in [0.2, 0.25) is 0 Å². The Labute approximate surface area is 172 Å². The van der Waals surface area contributed by atoms with Gasteiger partial charge in [-0.15, -0.1) is 10.2 Å². The minimum Gasteiger partial charge on any atom is -0.497 e. The van der Waals surface area contributed by atoms with Gasteiger partial charge in [-0.1, -0.05) is 0 Å². The molecule has 1 N–H and O–H groups in total. The van der Waals surface area contributed by atoms with E-state index in [0.29, 0.717) is 13.1 Å². The Balaban J connectivity index is 1.55. The van der Waals surface area contributed by atoms with Crippen molar-refractivity contribution >= 4 is 23.4 Å². The molecule has 2 aromatic rings. The van der Waals surface area contributed by atoms with E-state index < -0.39 is 0 Å². The fourth-order valence-corrected chi connectivity index (χ4v) is 3.44. The number of piperazine rings is 1. The normalized spacial score (nSPS) is 13.9. The zero-order chi connectivity index (χ0) is 20.8. The van der Waals surface area contributed by atoms with Crippen molar-refractivity contribution in [3.63, 3.8) is 0 Å². The Morgan fingerprint density at radius 2 is 1.83 bits per heavy atom. The summed E-state index contributed by atoms with van der Waals surface area (Å²) in [6.45, 7) is 10.7. The molecule has 0 radical (unpaired) electrons. The minimum absolute atomic E-state index is 0.0825. The van der Waals surface area contributed by atoms with Gasteiger partial charge in [-0.3, -0.25) is 0 Å². The van der Waals surface area contributed by atoms with Crippen LogP contribution >= 0.6 is 0 Å². The summed E-state index contributed by atoms with van der Waals surface area (Å²) in [4.78, 5) is 18.8. The molecule has 8 heteroatoms. The van der Waals surface area contributed by atoms with E-state index in [0.717, 1.165) is 54.8 Å². The molecule has 1 aromatic carbocycles. The highest BCUT2D eigenvalue weighted by atomic mass is 16.5. The average Bonchev–Trinajstić information content (AvgIpc) is 2.76. The van der Waals surface area contributed by atoms with Crippen LogP contribution in [0.3, 0.4) is 0 Å². The van der Waals surface area contributed by atoms with E-state index in [1.165, 1.54) is 0 Å². The topological polar surface area (TPSA) is 73.8 Å². The SMILES string of the molecule is CCN(CC)c1ccc(N2CCN(C(=O)Nc3ccc(OC)cc3C)CC2)nn1. The Morgan fingerprint density at radius 3 is 2.38 bits per heavy atom. The molecule has 8 nitrogen and oxygen atoms in total. The van der Waals surface area contributed by atoms with E-state index in [-0.39, 0.29) is 6.03 Å². The van der Waals surface area contributed by atoms with E-state index in [1.807, 2.05) is 42.2 Å². The third-order valence-electron chi connectivity index (χ3n) is 5.29. The first-order valence-corrected chi connectivity index (χ1v) is 10.1. The Morgan fingerprint density at radius 1 is 1.10 bits per heavy atom. The van der Waals surface area contributed by atoms with Gasteiger partial charge >= 0.3 is 6.03 Å². The molecule has 0 atom stereocenters. The van der Waals surface area contributed by atoms with Crippen molar-refractivity contribution in [1.29, 1.82) is 0 Å². The lowest BCUT2D eigenvalue weighted by Gasteiger charge is -2.35. The van der Waals surface area contributed by atoms with Crippen LogP contribution in [0.1, 0.15) is 19.4 Å². The van der Waals surface area contributed by atoms with Gasteiger partial charge in [0, 0.05) is 45.0 Å². The molecular weight excluding hydrogens is 368 g/mol. The van der Waals surface area contributed by atoms with Crippen molar-refractivity contribution in [1.82, 2.24) is 15.1 Å². The summed E-state index contributed by atoms with van der Waals surface area (Å²) in [6.07, 6.45) is 0. The lowest BCUT2D eigenvalue weighted by Crippen LogP contribution is -2.50. The lowest BCUT2D eigenvalue weighted by atomic mass is 10.2. The predicted molar refractivity (Wildman–Crippen MR) is 116 cm³/mol. The molecule has 3 rings (SSSR count). The number of hydrogen-bond donors (Lipinski definition) is 1. The third kappa shape index (κ3) is 4.88. The van der Waals surface area contributed by atoms with Gasteiger partial charge < -0.3 is 24.8 Å². The minimum atomic E-state index is -0.0825. The van der Waals surface area contributed by atoms with Gasteiger partial charge in [-0.05, 0) is 56.7 Å². The number of methoxy groups -OCH3 is 1. The van der Waals surface area contributed by atoms with Crippen LogP contribution in [0.5, 0.6) is 5.75 Å². The van der Waals surface area contributed by atoms with E-state index in [1.54, 1.807) is 7.11 Å². The van der Waals surface area contributed by atoms with Gasteiger partial charge in [0.15, 0.2) is 11.6 Å². The molecule has 1 aromatic heterocycles. The van der Waals surface area contributed by atoms with Crippen molar-refractivity contribution in [2.45, 2.75) is 20.8 Å². The number of benzene rings is 1. The van der Waals surface area contributed by atoms with Gasteiger partial charge in [0.05, 0.1) is 7.11 Å². The number of amides is 2. The summed E-state index contributed by atoms with van der Waals surface area (Å²) in [5, 5.41) is 11.7. The standard InChI is InChI=1S/C21H30N6O2/c1-5-25(6-2)19-9-10-20(24-23-19)26-11-13-27(14-12-26)21(28)22-18-8-7-17(29-4)15-16(18)3/h7-10,15H,5-6,11-14H2,1-4H3,(H,22,28). The molecule has 29 heavy (non-hydrogen) atoms. The zero-order valence-corrected chi connectivity index (χ0v) is 17.7. The van der Waals surface area contributed by atoms with Crippen molar-refractivity contribution in [2.24, 2.45) is 0 Å². The van der Waals surface area contributed by atoms with Gasteiger partial charge in [0.1, 0.15) is 5.75 Å². The lowest BCUT2D eigenvalue weighted by molar-refractivity contribution is 0.208. The molecule has 1 saturated heterocycles. The number of urea groups is 1. The summed E-state index contributed by atoms with van der Waals surface area (Å²) in [7, 11) is 1.63. The number of ether oxygens (including phenoxy) is 1. The summed E-state index contributed by atoms with van der Waals surface area (Å²) in [6, 6.07) is 9.57. The number of nitrogens with zero attached hydrogens (tertiary/aromatic N) is 5. The molecule has 2 heterocycles. The van der Waals surface area contributed by atoms with Crippen LogP contribution in [0.25, 0.3) is 0 Å². The summed E-state index contributed by atoms with van der Waals surface area (Å²) < 4.78 is 5.22. The first-order chi connectivity index (χ1) is 14.0. The third-order valence-corrected chi connectivity index (χ3v) is 5.29. The number of carbonyl (C=O) groups excluding carboxylic acids is 1. The zero-order valence-electron chi connectivity index (χ0n) is 17.7. The number of hydrogen-bond acceptors (Lipinski definition) is 6. The number of rotatable bonds is 6. The van der Waals surface area contributed by atoms with Crippen molar-refractivity contribution < 1.29 is 9.53 Å². The van der Waals surface area contributed by atoms with Crippen molar-refractivity contribution in [3.8, 4) is 5.75 Å². The van der Waals surface area contributed by atoms with E-state index >= 15 is 0 Å². The van der Waals surface area contributed by atoms with Crippen molar-refractivity contribution in [2.75, 3.05) is 61.5 Å². The maximum atomic E-state index is 12.6. The van der Waals surface area contributed by atoms with Crippen LogP contribution in [-0.2, 0) is 0 Å². The maximum Gasteiger partial charge on any atom is 0.321 e. The largest absolute Gasteiger partial charge is 0.497 e.